The highest BCUT2D eigenvalue weighted by atomic mass is 16.5. The van der Waals surface area contributed by atoms with Crippen LogP contribution in [0.4, 0.5) is 5.69 Å². The molecule has 1 aliphatic rings. The molecule has 1 unspecified atom stereocenters. The maximum Gasteiger partial charge on any atom is 0.255 e. The molecule has 1 amide bonds. The average Bonchev–Trinajstić information content (AvgIpc) is 3.73. The van der Waals surface area contributed by atoms with Crippen molar-refractivity contribution in [3.05, 3.63) is 89.5 Å². The number of aryl methyl sites for hydroxylation is 1. The number of ether oxygens (including phenoxy) is 7. The first-order valence-electron chi connectivity index (χ1n) is 18.9. The first-order chi connectivity index (χ1) is 27.3. The molecule has 6 rings (SSSR count). The van der Waals surface area contributed by atoms with E-state index in [0.717, 1.165) is 72.9 Å². The number of unbranched alkanes of at least 4 members (excludes halogenated alkanes) is 6. The largest absolute Gasteiger partial charge is 0.493 e. The van der Waals surface area contributed by atoms with E-state index in [1.165, 1.54) is 0 Å². The Bertz CT molecular complexity index is 2070. The van der Waals surface area contributed by atoms with Crippen LogP contribution in [0.1, 0.15) is 72.6 Å². The minimum absolute atomic E-state index is 0.0998. The van der Waals surface area contributed by atoms with E-state index in [1.807, 2.05) is 79.7 Å². The van der Waals surface area contributed by atoms with Crippen molar-refractivity contribution < 1.29 is 42.5 Å². The summed E-state index contributed by atoms with van der Waals surface area (Å²) in [5, 5.41) is 10.8. The summed E-state index contributed by atoms with van der Waals surface area (Å²) >= 11 is 0. The Morgan fingerprint density at radius 2 is 1.21 bits per heavy atom. The standard InChI is InChI=1S/C44H51N3O9/c1-28-14-17-33-32(22-28)44(48)46-43(45-33)30-16-19-36(38(24-30)50-3)54-20-12-10-8-7-9-11-13-21-55-39-23-29(15-18-35(39)49-2)34-27-37(56-47-34)31-25-40(51-4)42(53-6)41(26-31)52-5/h14-19,22-27,43,45H,7-13,20-21H2,1-6H3,(H,46,48). The number of carbonyl (C=O) groups is 1. The lowest BCUT2D eigenvalue weighted by molar-refractivity contribution is 0.0935. The van der Waals surface area contributed by atoms with Gasteiger partial charge in [-0.15, -0.1) is 0 Å². The van der Waals surface area contributed by atoms with Gasteiger partial charge in [-0.2, -0.15) is 0 Å². The quantitative estimate of drug-likeness (QED) is 0.0735. The highest BCUT2D eigenvalue weighted by Gasteiger charge is 2.25. The molecule has 0 saturated carbocycles. The van der Waals surface area contributed by atoms with Gasteiger partial charge in [0.2, 0.25) is 5.75 Å². The first kappa shape index (κ1) is 39.6. The molecule has 0 aliphatic carbocycles. The smallest absolute Gasteiger partial charge is 0.255 e. The second-order valence-corrected chi connectivity index (χ2v) is 13.5. The highest BCUT2D eigenvalue weighted by molar-refractivity contribution is 6.02. The molecule has 0 saturated heterocycles. The fourth-order valence-corrected chi connectivity index (χ4v) is 6.69. The monoisotopic (exact) mass is 765 g/mol. The van der Waals surface area contributed by atoms with Crippen molar-refractivity contribution in [3.63, 3.8) is 0 Å². The fraction of sp³-hybridized carbons (Fsp3) is 0.364. The molecule has 0 bridgehead atoms. The molecule has 12 heteroatoms. The zero-order chi connectivity index (χ0) is 39.4. The van der Waals surface area contributed by atoms with Gasteiger partial charge in [-0.3, -0.25) is 4.79 Å². The van der Waals surface area contributed by atoms with Crippen LogP contribution in [0.5, 0.6) is 40.2 Å². The van der Waals surface area contributed by atoms with Crippen molar-refractivity contribution in [2.45, 2.75) is 58.0 Å². The Morgan fingerprint density at radius 3 is 1.88 bits per heavy atom. The Hall–Kier alpha value is -6.04. The zero-order valence-electron chi connectivity index (χ0n) is 33.0. The number of anilines is 1. The molecule has 56 heavy (non-hydrogen) atoms. The molecule has 12 nitrogen and oxygen atoms in total. The number of rotatable bonds is 20. The van der Waals surface area contributed by atoms with E-state index in [4.69, 9.17) is 37.7 Å². The first-order valence-corrected chi connectivity index (χ1v) is 18.9. The molecule has 296 valence electrons. The maximum absolute atomic E-state index is 12.7. The molecule has 5 aromatic rings. The Morgan fingerprint density at radius 1 is 0.589 bits per heavy atom. The summed E-state index contributed by atoms with van der Waals surface area (Å²) in [7, 11) is 7.98. The van der Waals surface area contributed by atoms with Gasteiger partial charge in [-0.25, -0.2) is 0 Å². The van der Waals surface area contributed by atoms with Crippen molar-refractivity contribution in [1.82, 2.24) is 10.5 Å². The molecule has 2 heterocycles. The van der Waals surface area contributed by atoms with Crippen LogP contribution in [0.3, 0.4) is 0 Å². The van der Waals surface area contributed by atoms with E-state index >= 15 is 0 Å². The van der Waals surface area contributed by atoms with Crippen LogP contribution in [-0.2, 0) is 0 Å². The van der Waals surface area contributed by atoms with Gasteiger partial charge in [0.25, 0.3) is 5.91 Å². The van der Waals surface area contributed by atoms with Crippen molar-refractivity contribution in [3.8, 4) is 62.8 Å². The number of hydrogen-bond acceptors (Lipinski definition) is 11. The third-order valence-corrected chi connectivity index (χ3v) is 9.74. The van der Waals surface area contributed by atoms with Gasteiger partial charge in [-0.05, 0) is 79.9 Å². The van der Waals surface area contributed by atoms with E-state index in [-0.39, 0.29) is 12.1 Å². The van der Waals surface area contributed by atoms with E-state index in [2.05, 4.69) is 15.8 Å². The number of amides is 1. The summed E-state index contributed by atoms with van der Waals surface area (Å²) in [5.41, 5.74) is 5.64. The molecule has 1 atom stereocenters. The number of nitrogens with one attached hydrogen (secondary N) is 2. The summed E-state index contributed by atoms with van der Waals surface area (Å²) in [5.74, 6) is 4.67. The predicted molar refractivity (Wildman–Crippen MR) is 215 cm³/mol. The minimum atomic E-state index is -0.357. The number of benzene rings is 4. The lowest BCUT2D eigenvalue weighted by Crippen LogP contribution is -2.38. The second-order valence-electron chi connectivity index (χ2n) is 13.5. The fourth-order valence-electron chi connectivity index (χ4n) is 6.69. The number of aromatic nitrogens is 1. The van der Waals surface area contributed by atoms with Crippen LogP contribution in [-0.4, -0.2) is 59.8 Å². The van der Waals surface area contributed by atoms with Crippen molar-refractivity contribution in [1.29, 1.82) is 0 Å². The van der Waals surface area contributed by atoms with E-state index < -0.39 is 0 Å². The van der Waals surface area contributed by atoms with Crippen LogP contribution in [0.15, 0.2) is 77.3 Å². The molecule has 2 N–H and O–H groups in total. The molecule has 1 aliphatic heterocycles. The number of hydrogen-bond donors (Lipinski definition) is 2. The van der Waals surface area contributed by atoms with Gasteiger partial charge >= 0.3 is 0 Å². The van der Waals surface area contributed by atoms with Gasteiger partial charge in [0.05, 0.1) is 54.3 Å². The van der Waals surface area contributed by atoms with Crippen LogP contribution in [0.25, 0.3) is 22.6 Å². The van der Waals surface area contributed by atoms with Gasteiger partial charge < -0.3 is 48.3 Å². The third kappa shape index (κ3) is 9.42. The van der Waals surface area contributed by atoms with Gasteiger partial charge in [0.1, 0.15) is 11.9 Å². The van der Waals surface area contributed by atoms with Crippen molar-refractivity contribution in [2.75, 3.05) is 54.1 Å². The molecule has 4 aromatic carbocycles. The zero-order valence-corrected chi connectivity index (χ0v) is 33.0. The third-order valence-electron chi connectivity index (χ3n) is 9.74. The lowest BCUT2D eigenvalue weighted by Gasteiger charge is -2.28. The number of carbonyl (C=O) groups excluding carboxylic acids is 1. The summed E-state index contributed by atoms with van der Waals surface area (Å²) < 4.78 is 45.6. The highest BCUT2D eigenvalue weighted by Crippen LogP contribution is 2.42. The van der Waals surface area contributed by atoms with E-state index in [9.17, 15) is 4.79 Å². The summed E-state index contributed by atoms with van der Waals surface area (Å²) in [4.78, 5) is 12.7. The molecular weight excluding hydrogens is 714 g/mol. The van der Waals surface area contributed by atoms with Crippen LogP contribution >= 0.6 is 0 Å². The average molecular weight is 766 g/mol. The normalized spacial score (nSPS) is 13.2. The van der Waals surface area contributed by atoms with Crippen LogP contribution in [0.2, 0.25) is 0 Å². The van der Waals surface area contributed by atoms with Gasteiger partial charge in [0, 0.05) is 22.9 Å². The van der Waals surface area contributed by atoms with Gasteiger partial charge in [0.15, 0.2) is 40.3 Å². The van der Waals surface area contributed by atoms with Crippen LogP contribution in [0, 0.1) is 6.92 Å². The number of nitrogens with zero attached hydrogens (tertiary/aromatic N) is 1. The Labute approximate surface area is 328 Å². The number of fused-ring (bicyclic) bond motifs is 1. The predicted octanol–water partition coefficient (Wildman–Crippen LogP) is 9.40. The molecule has 0 radical (unpaired) electrons. The minimum Gasteiger partial charge on any atom is -0.493 e. The van der Waals surface area contributed by atoms with Crippen molar-refractivity contribution in [2.24, 2.45) is 0 Å². The Balaban J connectivity index is 0.900. The summed E-state index contributed by atoms with van der Waals surface area (Å²) in [6, 6.07) is 22.8. The van der Waals surface area contributed by atoms with Gasteiger partial charge in [-0.1, -0.05) is 55.0 Å². The molecular formula is C44H51N3O9. The summed E-state index contributed by atoms with van der Waals surface area (Å²) in [6.45, 7) is 3.16. The SMILES string of the molecule is COc1cc(C2NC(=O)c3cc(C)ccc3N2)ccc1OCCCCCCCCCOc1cc(-c2cc(-c3cc(OC)c(OC)c(OC)c3)on2)ccc1OC. The van der Waals surface area contributed by atoms with E-state index in [1.54, 1.807) is 35.5 Å². The lowest BCUT2D eigenvalue weighted by atomic mass is 10.0. The maximum atomic E-state index is 12.7. The van der Waals surface area contributed by atoms with Crippen molar-refractivity contribution >= 4 is 11.6 Å². The summed E-state index contributed by atoms with van der Waals surface area (Å²) in [6.07, 6.45) is 7.12. The number of methoxy groups -OCH3 is 5. The second kappa shape index (κ2) is 19.0. The molecule has 0 spiro atoms. The Kier molecular flexibility index (Phi) is 13.5. The van der Waals surface area contributed by atoms with Crippen LogP contribution < -0.4 is 43.8 Å². The molecule has 1 aromatic heterocycles. The van der Waals surface area contributed by atoms with E-state index in [0.29, 0.717) is 70.5 Å². The molecule has 0 fully saturated rings. The topological polar surface area (TPSA) is 132 Å².